The lowest BCUT2D eigenvalue weighted by Crippen LogP contribution is -2.17. The smallest absolute Gasteiger partial charge is 0.340 e. The van der Waals surface area contributed by atoms with Crippen molar-refractivity contribution in [2.24, 2.45) is 5.14 Å². The molecule has 0 aliphatic rings. The van der Waals surface area contributed by atoms with E-state index >= 15 is 0 Å². The summed E-state index contributed by atoms with van der Waals surface area (Å²) in [4.78, 5) is 9.80. The van der Waals surface area contributed by atoms with E-state index in [2.05, 4.69) is 0 Å². The maximum atomic E-state index is 12.9. The van der Waals surface area contributed by atoms with Gasteiger partial charge in [-0.05, 0) is 12.1 Å². The molecule has 76 valence electrons. The number of carbonyl (C=O) groups is 1. The van der Waals surface area contributed by atoms with Crippen LogP contribution in [0.4, 0.5) is 4.39 Å². The Morgan fingerprint density at radius 3 is 2.36 bits per heavy atom. The molecule has 0 fully saturated rings. The van der Waals surface area contributed by atoms with E-state index in [4.69, 9.17) is 10.2 Å². The fourth-order valence-corrected chi connectivity index (χ4v) is 1.69. The van der Waals surface area contributed by atoms with Crippen molar-refractivity contribution < 1.29 is 22.7 Å². The number of primary sulfonamides is 1. The molecular weight excluding hydrogens is 213 g/mol. The van der Waals surface area contributed by atoms with Crippen molar-refractivity contribution in [3.05, 3.63) is 29.6 Å². The van der Waals surface area contributed by atoms with Gasteiger partial charge in [-0.1, -0.05) is 6.07 Å². The van der Waals surface area contributed by atoms with Crippen LogP contribution in [0.1, 0.15) is 10.4 Å². The number of hydrogen-bond donors (Lipinski definition) is 2. The maximum Gasteiger partial charge on any atom is 0.340 e. The first-order chi connectivity index (χ1) is 6.34. The van der Waals surface area contributed by atoms with Gasteiger partial charge >= 0.3 is 5.97 Å². The van der Waals surface area contributed by atoms with Gasteiger partial charge in [0.1, 0.15) is 11.4 Å². The van der Waals surface area contributed by atoms with Crippen LogP contribution in [0.25, 0.3) is 0 Å². The zero-order valence-electron chi connectivity index (χ0n) is 6.77. The molecule has 0 radical (unpaired) electrons. The molecule has 0 amide bonds. The van der Waals surface area contributed by atoms with E-state index in [1.54, 1.807) is 0 Å². The molecule has 7 heteroatoms. The van der Waals surface area contributed by atoms with Crippen molar-refractivity contribution in [2.45, 2.75) is 4.90 Å². The van der Waals surface area contributed by atoms with Gasteiger partial charge in [0.25, 0.3) is 0 Å². The molecule has 0 saturated carbocycles. The molecule has 0 atom stereocenters. The van der Waals surface area contributed by atoms with Crippen molar-refractivity contribution in [3.63, 3.8) is 0 Å². The highest BCUT2D eigenvalue weighted by Gasteiger charge is 2.22. The second-order valence-corrected chi connectivity index (χ2v) is 3.99. The van der Waals surface area contributed by atoms with Crippen molar-refractivity contribution in [1.82, 2.24) is 0 Å². The molecule has 1 aromatic rings. The van der Waals surface area contributed by atoms with E-state index in [-0.39, 0.29) is 0 Å². The summed E-state index contributed by atoms with van der Waals surface area (Å²) < 4.78 is 34.6. The van der Waals surface area contributed by atoms with Gasteiger partial charge in [-0.15, -0.1) is 0 Å². The predicted molar refractivity (Wildman–Crippen MR) is 44.7 cm³/mol. The maximum absolute atomic E-state index is 12.9. The Kier molecular flexibility index (Phi) is 2.54. The van der Waals surface area contributed by atoms with Crippen LogP contribution in [0.5, 0.6) is 0 Å². The Balaban J connectivity index is 3.61. The highest BCUT2D eigenvalue weighted by atomic mass is 32.2. The lowest BCUT2D eigenvalue weighted by molar-refractivity contribution is 0.0687. The average Bonchev–Trinajstić information content (AvgIpc) is 2.01. The highest BCUT2D eigenvalue weighted by molar-refractivity contribution is 7.89. The Morgan fingerprint density at radius 1 is 1.43 bits per heavy atom. The molecule has 0 heterocycles. The Bertz CT molecular complexity index is 482. The van der Waals surface area contributed by atoms with Gasteiger partial charge in [-0.3, -0.25) is 0 Å². The second kappa shape index (κ2) is 3.35. The average molecular weight is 219 g/mol. The lowest BCUT2D eigenvalue weighted by atomic mass is 10.2. The van der Waals surface area contributed by atoms with Crippen LogP contribution in [-0.4, -0.2) is 19.5 Å². The van der Waals surface area contributed by atoms with Gasteiger partial charge in [0.15, 0.2) is 0 Å². The lowest BCUT2D eigenvalue weighted by Gasteiger charge is -2.03. The molecule has 0 spiro atoms. The molecule has 3 N–H and O–H groups in total. The minimum absolute atomic E-state index is 0.731. The zero-order chi connectivity index (χ0) is 10.9. The number of aromatic carboxylic acids is 1. The van der Waals surface area contributed by atoms with Crippen LogP contribution in [0, 0.1) is 5.82 Å². The van der Waals surface area contributed by atoms with E-state index in [9.17, 15) is 17.6 Å². The van der Waals surface area contributed by atoms with Crippen molar-refractivity contribution in [2.75, 3.05) is 0 Å². The standard InChI is InChI=1S/C7H6FNO4S/c8-4-2-1-3-5(14(9,12)13)6(4)7(10)11/h1-3H,(H,10,11)(H2,9,12,13). The summed E-state index contributed by atoms with van der Waals surface area (Å²) in [5, 5.41) is 13.3. The quantitative estimate of drug-likeness (QED) is 0.740. The molecule has 0 saturated heterocycles. The van der Waals surface area contributed by atoms with Crippen LogP contribution in [0.3, 0.4) is 0 Å². The van der Waals surface area contributed by atoms with E-state index < -0.39 is 32.3 Å². The summed E-state index contributed by atoms with van der Waals surface area (Å²) >= 11 is 0. The number of carboxylic acids is 1. The largest absolute Gasteiger partial charge is 0.478 e. The fraction of sp³-hybridized carbons (Fsp3) is 0. The SMILES string of the molecule is NS(=O)(=O)c1cccc(F)c1C(=O)O. The molecule has 0 aliphatic heterocycles. The molecule has 0 aromatic heterocycles. The van der Waals surface area contributed by atoms with Crippen LogP contribution in [0.2, 0.25) is 0 Å². The number of carboxylic acid groups (broad SMARTS) is 1. The minimum atomic E-state index is -4.22. The van der Waals surface area contributed by atoms with Crippen LogP contribution in [0.15, 0.2) is 23.1 Å². The third-order valence-corrected chi connectivity index (χ3v) is 2.45. The first-order valence-corrected chi connectivity index (χ1v) is 4.93. The Hall–Kier alpha value is -1.47. The molecule has 1 rings (SSSR count). The molecule has 0 unspecified atom stereocenters. The van der Waals surface area contributed by atoms with E-state index in [1.807, 2.05) is 0 Å². The van der Waals surface area contributed by atoms with E-state index in [0.717, 1.165) is 18.2 Å². The van der Waals surface area contributed by atoms with Crippen molar-refractivity contribution in [3.8, 4) is 0 Å². The molecule has 5 nitrogen and oxygen atoms in total. The number of nitrogens with two attached hydrogens (primary N) is 1. The summed E-state index contributed by atoms with van der Waals surface area (Å²) in [5.74, 6) is -2.81. The minimum Gasteiger partial charge on any atom is -0.478 e. The van der Waals surface area contributed by atoms with Gasteiger partial charge < -0.3 is 5.11 Å². The first kappa shape index (κ1) is 10.6. The molecule has 0 bridgehead atoms. The van der Waals surface area contributed by atoms with E-state index in [1.165, 1.54) is 0 Å². The van der Waals surface area contributed by atoms with Gasteiger partial charge in [0.05, 0.1) is 4.90 Å². The number of benzene rings is 1. The summed E-state index contributed by atoms with van der Waals surface area (Å²) in [6.07, 6.45) is 0. The van der Waals surface area contributed by atoms with Crippen LogP contribution in [-0.2, 0) is 10.0 Å². The summed E-state index contributed by atoms with van der Waals surface area (Å²) in [5.41, 5.74) is -0.935. The topological polar surface area (TPSA) is 97.5 Å². The number of hydrogen-bond acceptors (Lipinski definition) is 3. The van der Waals surface area contributed by atoms with Crippen LogP contribution >= 0.6 is 0 Å². The molecule has 1 aromatic carbocycles. The zero-order valence-corrected chi connectivity index (χ0v) is 7.58. The van der Waals surface area contributed by atoms with Gasteiger partial charge in [0.2, 0.25) is 10.0 Å². The summed E-state index contributed by atoms with van der Waals surface area (Å²) in [7, 11) is -4.22. The summed E-state index contributed by atoms with van der Waals surface area (Å²) in [6, 6.07) is 2.85. The monoisotopic (exact) mass is 219 g/mol. The normalized spacial score (nSPS) is 11.3. The molecule has 14 heavy (non-hydrogen) atoms. The number of rotatable bonds is 2. The first-order valence-electron chi connectivity index (χ1n) is 3.38. The van der Waals surface area contributed by atoms with Gasteiger partial charge in [-0.25, -0.2) is 22.7 Å². The van der Waals surface area contributed by atoms with E-state index in [0.29, 0.717) is 0 Å². The third-order valence-electron chi connectivity index (χ3n) is 1.50. The van der Waals surface area contributed by atoms with Gasteiger partial charge in [-0.2, -0.15) is 0 Å². The molecule has 0 aliphatic carbocycles. The number of halogens is 1. The fourth-order valence-electron chi connectivity index (χ4n) is 0.949. The Labute approximate surface area is 79.0 Å². The van der Waals surface area contributed by atoms with Crippen molar-refractivity contribution in [1.29, 1.82) is 0 Å². The van der Waals surface area contributed by atoms with Gasteiger partial charge in [0, 0.05) is 0 Å². The van der Waals surface area contributed by atoms with Crippen LogP contribution < -0.4 is 5.14 Å². The second-order valence-electron chi connectivity index (χ2n) is 2.46. The van der Waals surface area contributed by atoms with Crippen molar-refractivity contribution >= 4 is 16.0 Å². The Morgan fingerprint density at radius 2 is 2.00 bits per heavy atom. The third kappa shape index (κ3) is 1.88. The number of sulfonamides is 1. The predicted octanol–water partition coefficient (Wildman–Crippen LogP) is 0.171. The molecular formula is C7H6FNO4S. The summed E-state index contributed by atoms with van der Waals surface area (Å²) in [6.45, 7) is 0. The highest BCUT2D eigenvalue weighted by Crippen LogP contribution is 2.17.